The molecule has 0 saturated heterocycles. The first kappa shape index (κ1) is 12.5. The van der Waals surface area contributed by atoms with Crippen molar-refractivity contribution >= 4 is 28.3 Å². The fraction of sp³-hybridized carbons (Fsp3) is 0.500. The molecular weight excluding hydrogens is 230 g/mol. The molecule has 0 unspecified atom stereocenters. The summed E-state index contributed by atoms with van der Waals surface area (Å²) >= 11 is 6.65. The standard InChI is InChI=1S/C10H15NO2S2/c1-3-12-8(2)15-10(14)11-7-9-5-4-6-13-9/h4-6,8H,3,7H2,1-2H3,(H,11,14)/t8-/m1/s1. The molecular formula is C10H15NO2S2. The van der Waals surface area contributed by atoms with Gasteiger partial charge < -0.3 is 14.5 Å². The molecule has 5 heteroatoms. The van der Waals surface area contributed by atoms with Crippen molar-refractivity contribution in [2.45, 2.75) is 25.8 Å². The number of thiocarbonyl (C=S) groups is 1. The van der Waals surface area contributed by atoms with Crippen molar-refractivity contribution in [1.29, 1.82) is 0 Å². The zero-order chi connectivity index (χ0) is 11.1. The number of hydrogen-bond acceptors (Lipinski definition) is 4. The zero-order valence-corrected chi connectivity index (χ0v) is 10.5. The second-order valence-electron chi connectivity index (χ2n) is 2.86. The van der Waals surface area contributed by atoms with E-state index in [1.54, 1.807) is 6.26 Å². The Morgan fingerprint density at radius 1 is 1.73 bits per heavy atom. The van der Waals surface area contributed by atoms with Crippen molar-refractivity contribution in [3.63, 3.8) is 0 Å². The number of furan rings is 1. The van der Waals surface area contributed by atoms with E-state index in [1.807, 2.05) is 26.0 Å². The number of rotatable bonds is 5. The highest BCUT2D eigenvalue weighted by Crippen LogP contribution is 2.13. The average Bonchev–Trinajstić information content (AvgIpc) is 2.67. The molecule has 0 spiro atoms. The lowest BCUT2D eigenvalue weighted by atomic mass is 10.4. The Morgan fingerprint density at radius 3 is 3.13 bits per heavy atom. The summed E-state index contributed by atoms with van der Waals surface area (Å²) in [5.41, 5.74) is 0.0894. The molecule has 1 heterocycles. The van der Waals surface area contributed by atoms with E-state index in [2.05, 4.69) is 5.32 Å². The maximum absolute atomic E-state index is 5.36. The molecule has 1 N–H and O–H groups in total. The van der Waals surface area contributed by atoms with E-state index in [0.29, 0.717) is 13.2 Å². The third-order valence-corrected chi connectivity index (χ3v) is 2.92. The maximum Gasteiger partial charge on any atom is 0.136 e. The van der Waals surface area contributed by atoms with Crippen molar-refractivity contribution in [3.8, 4) is 0 Å². The van der Waals surface area contributed by atoms with Crippen LogP contribution in [0.5, 0.6) is 0 Å². The third kappa shape index (κ3) is 5.20. The van der Waals surface area contributed by atoms with Gasteiger partial charge in [0.2, 0.25) is 0 Å². The first-order valence-electron chi connectivity index (χ1n) is 4.81. The minimum absolute atomic E-state index is 0.0894. The molecule has 0 aliphatic heterocycles. The van der Waals surface area contributed by atoms with Gasteiger partial charge >= 0.3 is 0 Å². The summed E-state index contributed by atoms with van der Waals surface area (Å²) in [7, 11) is 0. The third-order valence-electron chi connectivity index (χ3n) is 1.66. The lowest BCUT2D eigenvalue weighted by Crippen LogP contribution is -2.20. The first-order chi connectivity index (χ1) is 7.22. The topological polar surface area (TPSA) is 34.4 Å². The van der Waals surface area contributed by atoms with Gasteiger partial charge in [-0.15, -0.1) is 0 Å². The van der Waals surface area contributed by atoms with Crippen molar-refractivity contribution < 1.29 is 9.15 Å². The van der Waals surface area contributed by atoms with Crippen LogP contribution in [0.2, 0.25) is 0 Å². The summed E-state index contributed by atoms with van der Waals surface area (Å²) in [6.07, 6.45) is 1.65. The number of ether oxygens (including phenoxy) is 1. The Labute approximate surface area is 99.6 Å². The monoisotopic (exact) mass is 245 g/mol. The van der Waals surface area contributed by atoms with Gasteiger partial charge in [0, 0.05) is 6.61 Å². The van der Waals surface area contributed by atoms with Crippen LogP contribution in [0.4, 0.5) is 0 Å². The lowest BCUT2D eigenvalue weighted by molar-refractivity contribution is 0.138. The van der Waals surface area contributed by atoms with E-state index in [1.165, 1.54) is 11.8 Å². The van der Waals surface area contributed by atoms with Crippen LogP contribution in [0.25, 0.3) is 0 Å². The van der Waals surface area contributed by atoms with Crippen LogP contribution < -0.4 is 5.32 Å². The van der Waals surface area contributed by atoms with E-state index < -0.39 is 0 Å². The predicted molar refractivity (Wildman–Crippen MR) is 66.8 cm³/mol. The van der Waals surface area contributed by atoms with E-state index in [9.17, 15) is 0 Å². The van der Waals surface area contributed by atoms with Gasteiger partial charge in [-0.2, -0.15) is 0 Å². The fourth-order valence-electron chi connectivity index (χ4n) is 1.03. The van der Waals surface area contributed by atoms with Crippen LogP contribution in [0.3, 0.4) is 0 Å². The molecule has 0 aliphatic rings. The number of hydrogen-bond donors (Lipinski definition) is 1. The molecule has 1 aromatic rings. The number of thioether (sulfide) groups is 1. The summed E-state index contributed by atoms with van der Waals surface area (Å²) in [4.78, 5) is 0. The van der Waals surface area contributed by atoms with Crippen LogP contribution in [0.15, 0.2) is 22.8 Å². The molecule has 1 atom stereocenters. The molecule has 1 aromatic heterocycles. The van der Waals surface area contributed by atoms with Gasteiger partial charge in [-0.05, 0) is 26.0 Å². The molecule has 0 aliphatic carbocycles. The maximum atomic E-state index is 5.36. The SMILES string of the molecule is CCO[C@@H](C)SC(=S)NCc1ccco1. The molecule has 0 saturated carbocycles. The van der Waals surface area contributed by atoms with Gasteiger partial charge in [-0.25, -0.2) is 0 Å². The first-order valence-corrected chi connectivity index (χ1v) is 6.09. The van der Waals surface area contributed by atoms with Gasteiger partial charge in [-0.3, -0.25) is 0 Å². The van der Waals surface area contributed by atoms with Crippen LogP contribution in [-0.4, -0.2) is 16.4 Å². The van der Waals surface area contributed by atoms with Crippen molar-refractivity contribution in [2.75, 3.05) is 6.61 Å². The van der Waals surface area contributed by atoms with Gasteiger partial charge in [0.05, 0.1) is 12.8 Å². The Balaban J connectivity index is 2.19. The molecule has 0 bridgehead atoms. The van der Waals surface area contributed by atoms with E-state index in [0.717, 1.165) is 10.1 Å². The van der Waals surface area contributed by atoms with E-state index in [4.69, 9.17) is 21.4 Å². The molecule has 0 radical (unpaired) electrons. The Hall–Kier alpha value is -0.520. The minimum atomic E-state index is 0.0894. The molecule has 3 nitrogen and oxygen atoms in total. The lowest BCUT2D eigenvalue weighted by Gasteiger charge is -2.12. The largest absolute Gasteiger partial charge is 0.467 e. The molecule has 0 amide bonds. The summed E-state index contributed by atoms with van der Waals surface area (Å²) < 4.78 is 11.3. The smallest absolute Gasteiger partial charge is 0.136 e. The average molecular weight is 245 g/mol. The van der Waals surface area contributed by atoms with Gasteiger partial charge in [0.1, 0.15) is 15.5 Å². The Kier molecular flexibility index (Phi) is 5.75. The molecule has 15 heavy (non-hydrogen) atoms. The van der Waals surface area contributed by atoms with Crippen molar-refractivity contribution in [3.05, 3.63) is 24.2 Å². The summed E-state index contributed by atoms with van der Waals surface area (Å²) in [5.74, 6) is 0.877. The van der Waals surface area contributed by atoms with Crippen LogP contribution in [0, 0.1) is 0 Å². The highest BCUT2D eigenvalue weighted by Gasteiger charge is 2.06. The molecule has 84 valence electrons. The molecule has 1 rings (SSSR count). The van der Waals surface area contributed by atoms with Gasteiger partial charge in [-0.1, -0.05) is 24.0 Å². The Bertz CT molecular complexity index is 288. The predicted octanol–water partition coefficient (Wildman–Crippen LogP) is 2.77. The normalized spacial score (nSPS) is 12.4. The minimum Gasteiger partial charge on any atom is -0.467 e. The molecule has 0 aromatic carbocycles. The quantitative estimate of drug-likeness (QED) is 0.637. The van der Waals surface area contributed by atoms with Crippen LogP contribution >= 0.6 is 24.0 Å². The van der Waals surface area contributed by atoms with E-state index >= 15 is 0 Å². The van der Waals surface area contributed by atoms with Crippen LogP contribution in [-0.2, 0) is 11.3 Å². The van der Waals surface area contributed by atoms with Gasteiger partial charge in [0.25, 0.3) is 0 Å². The van der Waals surface area contributed by atoms with Crippen molar-refractivity contribution in [1.82, 2.24) is 5.32 Å². The highest BCUT2D eigenvalue weighted by molar-refractivity contribution is 8.23. The number of nitrogens with one attached hydrogen (secondary N) is 1. The summed E-state index contributed by atoms with van der Waals surface area (Å²) in [5, 5.41) is 3.10. The van der Waals surface area contributed by atoms with Crippen LogP contribution in [0.1, 0.15) is 19.6 Å². The fourth-order valence-corrected chi connectivity index (χ4v) is 2.17. The second-order valence-corrected chi connectivity index (χ2v) is 4.84. The second kappa shape index (κ2) is 6.87. The molecule has 0 fully saturated rings. The van der Waals surface area contributed by atoms with Gasteiger partial charge in [0.15, 0.2) is 0 Å². The van der Waals surface area contributed by atoms with E-state index in [-0.39, 0.29) is 5.44 Å². The van der Waals surface area contributed by atoms with Crippen molar-refractivity contribution in [2.24, 2.45) is 0 Å². The zero-order valence-electron chi connectivity index (χ0n) is 8.86. The summed E-state index contributed by atoms with van der Waals surface area (Å²) in [6.45, 7) is 5.28. The Morgan fingerprint density at radius 2 is 2.53 bits per heavy atom. The highest BCUT2D eigenvalue weighted by atomic mass is 32.2. The summed E-state index contributed by atoms with van der Waals surface area (Å²) in [6, 6.07) is 3.77.